The predicted molar refractivity (Wildman–Crippen MR) is 65.3 cm³/mol. The largest absolute Gasteiger partial charge is 0.397 e. The highest BCUT2D eigenvalue weighted by Gasteiger charge is 2.24. The van der Waals surface area contributed by atoms with Gasteiger partial charge in [0.25, 0.3) is 0 Å². The number of sulfonamides is 1. The Balaban J connectivity index is 2.38. The van der Waals surface area contributed by atoms with E-state index >= 15 is 0 Å². The second kappa shape index (κ2) is 3.97. The van der Waals surface area contributed by atoms with Gasteiger partial charge in [0.2, 0.25) is 10.0 Å². The van der Waals surface area contributed by atoms with Crippen LogP contribution in [0.4, 0.5) is 5.69 Å². The van der Waals surface area contributed by atoms with Crippen LogP contribution in [0.1, 0.15) is 11.3 Å². The summed E-state index contributed by atoms with van der Waals surface area (Å²) in [4.78, 5) is 4.30. The number of pyridine rings is 1. The highest BCUT2D eigenvalue weighted by Crippen LogP contribution is 2.25. The summed E-state index contributed by atoms with van der Waals surface area (Å²) in [7, 11) is -3.14. The molecule has 0 radical (unpaired) electrons. The average Bonchev–Trinajstić information content (AvgIpc) is 2.17. The summed E-state index contributed by atoms with van der Waals surface area (Å²) in [6.45, 7) is 0.841. The number of rotatable bonds is 1. The maximum Gasteiger partial charge on any atom is 0.211 e. The molecule has 0 saturated carbocycles. The molecule has 2 heterocycles. The molecule has 1 aromatic rings. The van der Waals surface area contributed by atoms with Crippen molar-refractivity contribution in [3.63, 3.8) is 0 Å². The van der Waals surface area contributed by atoms with Crippen LogP contribution in [0, 0.1) is 0 Å². The van der Waals surface area contributed by atoms with Crippen LogP contribution >= 0.6 is 15.9 Å². The first-order valence-corrected chi connectivity index (χ1v) is 7.41. The third kappa shape index (κ3) is 2.21. The lowest BCUT2D eigenvalue weighted by atomic mass is 10.1. The van der Waals surface area contributed by atoms with Gasteiger partial charge in [0.15, 0.2) is 0 Å². The minimum Gasteiger partial charge on any atom is -0.397 e. The van der Waals surface area contributed by atoms with E-state index in [1.165, 1.54) is 10.6 Å². The van der Waals surface area contributed by atoms with Crippen LogP contribution < -0.4 is 5.73 Å². The molecule has 0 aliphatic carbocycles. The molecule has 0 amide bonds. The van der Waals surface area contributed by atoms with Crippen LogP contribution in [-0.2, 0) is 23.0 Å². The molecule has 0 bridgehead atoms. The average molecular weight is 306 g/mol. The zero-order valence-corrected chi connectivity index (χ0v) is 11.2. The van der Waals surface area contributed by atoms with Gasteiger partial charge < -0.3 is 5.73 Å². The van der Waals surface area contributed by atoms with Crippen molar-refractivity contribution in [1.29, 1.82) is 0 Å². The number of hydrogen-bond acceptors (Lipinski definition) is 4. The summed E-state index contributed by atoms with van der Waals surface area (Å²) < 4.78 is 24.9. The first kappa shape index (κ1) is 11.8. The summed E-state index contributed by atoms with van der Waals surface area (Å²) in [5, 5.41) is 0. The lowest BCUT2D eigenvalue weighted by Crippen LogP contribution is -2.35. The second-order valence-electron chi connectivity index (χ2n) is 3.82. The summed E-state index contributed by atoms with van der Waals surface area (Å²) >= 11 is 3.26. The Bertz CT molecular complexity index is 530. The van der Waals surface area contributed by atoms with Crippen LogP contribution in [0.5, 0.6) is 0 Å². The van der Waals surface area contributed by atoms with Crippen molar-refractivity contribution < 1.29 is 8.42 Å². The SMILES string of the molecule is CS(=O)(=O)N1CCc2nc(Br)c(N)cc2C1. The monoisotopic (exact) mass is 305 g/mol. The Morgan fingerprint density at radius 2 is 2.25 bits per heavy atom. The van der Waals surface area contributed by atoms with Gasteiger partial charge in [0.1, 0.15) is 4.60 Å². The Morgan fingerprint density at radius 1 is 1.56 bits per heavy atom. The van der Waals surface area contributed by atoms with E-state index < -0.39 is 10.0 Å². The number of halogens is 1. The summed E-state index contributed by atoms with van der Waals surface area (Å²) in [6.07, 6.45) is 1.84. The lowest BCUT2D eigenvalue weighted by Gasteiger charge is -2.26. The Morgan fingerprint density at radius 3 is 2.88 bits per heavy atom. The number of aromatic nitrogens is 1. The fourth-order valence-electron chi connectivity index (χ4n) is 1.72. The van der Waals surface area contributed by atoms with Gasteiger partial charge in [-0.25, -0.2) is 13.4 Å². The normalized spacial score (nSPS) is 17.1. The van der Waals surface area contributed by atoms with E-state index in [0.717, 1.165) is 11.3 Å². The van der Waals surface area contributed by atoms with Crippen LogP contribution in [0.3, 0.4) is 0 Å². The van der Waals surface area contributed by atoms with Crippen LogP contribution in [-0.4, -0.2) is 30.5 Å². The van der Waals surface area contributed by atoms with E-state index in [1.807, 2.05) is 0 Å². The topological polar surface area (TPSA) is 76.3 Å². The molecule has 2 rings (SSSR count). The molecule has 5 nitrogen and oxygen atoms in total. The van der Waals surface area contributed by atoms with E-state index in [4.69, 9.17) is 5.73 Å². The molecule has 0 fully saturated rings. The van der Waals surface area contributed by atoms with Crippen molar-refractivity contribution >= 4 is 31.6 Å². The highest BCUT2D eigenvalue weighted by molar-refractivity contribution is 9.10. The fraction of sp³-hybridized carbons (Fsp3) is 0.444. The van der Waals surface area contributed by atoms with Crippen molar-refractivity contribution in [2.45, 2.75) is 13.0 Å². The first-order chi connectivity index (χ1) is 7.38. The number of anilines is 1. The lowest BCUT2D eigenvalue weighted by molar-refractivity contribution is 0.391. The number of nitrogen functional groups attached to an aromatic ring is 1. The van der Waals surface area contributed by atoms with E-state index in [2.05, 4.69) is 20.9 Å². The molecule has 0 saturated heterocycles. The molecule has 0 unspecified atom stereocenters. The van der Waals surface area contributed by atoms with Crippen molar-refractivity contribution in [1.82, 2.24) is 9.29 Å². The highest BCUT2D eigenvalue weighted by atomic mass is 79.9. The van der Waals surface area contributed by atoms with E-state index in [-0.39, 0.29) is 0 Å². The van der Waals surface area contributed by atoms with Gasteiger partial charge in [-0.05, 0) is 27.6 Å². The van der Waals surface area contributed by atoms with E-state index in [9.17, 15) is 8.42 Å². The first-order valence-electron chi connectivity index (χ1n) is 4.77. The molecule has 2 N–H and O–H groups in total. The number of hydrogen-bond donors (Lipinski definition) is 1. The van der Waals surface area contributed by atoms with Gasteiger partial charge in [-0.1, -0.05) is 0 Å². The van der Waals surface area contributed by atoms with Gasteiger partial charge >= 0.3 is 0 Å². The van der Waals surface area contributed by atoms with Gasteiger partial charge in [-0.2, -0.15) is 4.31 Å². The minimum absolute atomic E-state index is 0.360. The third-order valence-corrected chi connectivity index (χ3v) is 4.47. The smallest absolute Gasteiger partial charge is 0.211 e. The number of fused-ring (bicyclic) bond motifs is 1. The van der Waals surface area contributed by atoms with Gasteiger partial charge in [-0.15, -0.1) is 0 Å². The van der Waals surface area contributed by atoms with Gasteiger partial charge in [0, 0.05) is 25.2 Å². The standard InChI is InChI=1S/C9H12BrN3O2S/c1-16(14,15)13-3-2-8-6(5-13)4-7(11)9(10)12-8/h4H,2-3,5,11H2,1H3. The predicted octanol–water partition coefficient (Wildman–Crippen LogP) is 0.744. The molecule has 0 aromatic carbocycles. The zero-order valence-electron chi connectivity index (χ0n) is 8.77. The van der Waals surface area contributed by atoms with E-state index in [1.54, 1.807) is 6.07 Å². The summed E-state index contributed by atoms with van der Waals surface area (Å²) in [5.74, 6) is 0. The number of nitrogens with zero attached hydrogens (tertiary/aromatic N) is 2. The second-order valence-corrected chi connectivity index (χ2v) is 6.55. The van der Waals surface area contributed by atoms with E-state index in [0.29, 0.717) is 29.8 Å². The van der Waals surface area contributed by atoms with Gasteiger partial charge in [-0.3, -0.25) is 0 Å². The maximum atomic E-state index is 11.4. The van der Waals surface area contributed by atoms with Crippen LogP contribution in [0.15, 0.2) is 10.7 Å². The van der Waals surface area contributed by atoms with Crippen molar-refractivity contribution in [3.8, 4) is 0 Å². The molecule has 0 spiro atoms. The maximum absolute atomic E-state index is 11.4. The molecule has 88 valence electrons. The van der Waals surface area contributed by atoms with Crippen molar-refractivity contribution in [2.75, 3.05) is 18.5 Å². The Labute approximate surface area is 103 Å². The molecular formula is C9H12BrN3O2S. The summed E-state index contributed by atoms with van der Waals surface area (Å²) in [6, 6.07) is 1.78. The van der Waals surface area contributed by atoms with Crippen molar-refractivity contribution in [2.24, 2.45) is 0 Å². The Kier molecular flexibility index (Phi) is 2.93. The van der Waals surface area contributed by atoms with Crippen molar-refractivity contribution in [3.05, 3.63) is 21.9 Å². The zero-order chi connectivity index (χ0) is 11.9. The fourth-order valence-corrected chi connectivity index (χ4v) is 2.85. The molecule has 16 heavy (non-hydrogen) atoms. The molecule has 0 atom stereocenters. The molecular weight excluding hydrogens is 294 g/mol. The van der Waals surface area contributed by atoms with Crippen LogP contribution in [0.25, 0.3) is 0 Å². The molecule has 7 heteroatoms. The molecule has 1 aliphatic rings. The molecule has 1 aromatic heterocycles. The summed E-state index contributed by atoms with van der Waals surface area (Å²) in [5.41, 5.74) is 8.06. The Hall–Kier alpha value is -0.660. The molecule has 1 aliphatic heterocycles. The number of nitrogens with two attached hydrogens (primary N) is 1. The third-order valence-electron chi connectivity index (χ3n) is 2.59. The minimum atomic E-state index is -3.14. The van der Waals surface area contributed by atoms with Gasteiger partial charge in [0.05, 0.1) is 11.9 Å². The van der Waals surface area contributed by atoms with Crippen LogP contribution in [0.2, 0.25) is 0 Å². The quantitative estimate of drug-likeness (QED) is 0.777.